The maximum absolute atomic E-state index is 12.8. The van der Waals surface area contributed by atoms with Gasteiger partial charge in [0.2, 0.25) is 10.0 Å². The van der Waals surface area contributed by atoms with Crippen LogP contribution in [0.3, 0.4) is 0 Å². The summed E-state index contributed by atoms with van der Waals surface area (Å²) in [6, 6.07) is 9.98. The van der Waals surface area contributed by atoms with E-state index in [2.05, 4.69) is 10.3 Å². The number of nitrogens with zero attached hydrogens (tertiary/aromatic N) is 3. The zero-order valence-corrected chi connectivity index (χ0v) is 16.6. The van der Waals surface area contributed by atoms with Crippen LogP contribution in [0.15, 0.2) is 47.5 Å². The fraction of sp³-hybridized carbons (Fsp3) is 0.421. The third-order valence-electron chi connectivity index (χ3n) is 4.95. The van der Waals surface area contributed by atoms with Gasteiger partial charge >= 0.3 is 0 Å². The lowest BCUT2D eigenvalue weighted by atomic mass is 10.1. The highest BCUT2D eigenvalue weighted by molar-refractivity contribution is 7.89. The summed E-state index contributed by atoms with van der Waals surface area (Å²) < 4.78 is 27.3. The lowest BCUT2D eigenvalue weighted by Crippen LogP contribution is -2.41. The largest absolute Gasteiger partial charge is 0.370 e. The average molecular weight is 404 g/mol. The van der Waals surface area contributed by atoms with Crippen molar-refractivity contribution in [1.29, 1.82) is 0 Å². The first-order chi connectivity index (χ1) is 13.4. The van der Waals surface area contributed by atoms with Gasteiger partial charge in [0.25, 0.3) is 5.69 Å². The summed E-state index contributed by atoms with van der Waals surface area (Å²) in [7, 11) is -3.45. The summed E-state index contributed by atoms with van der Waals surface area (Å²) in [5, 5.41) is 13.7. The highest BCUT2D eigenvalue weighted by Crippen LogP contribution is 2.25. The molecule has 8 nitrogen and oxygen atoms in total. The molecular weight excluding hydrogens is 380 g/mol. The van der Waals surface area contributed by atoms with Gasteiger partial charge in [0.15, 0.2) is 0 Å². The molecule has 2 heterocycles. The van der Waals surface area contributed by atoms with Crippen molar-refractivity contribution in [3.05, 3.63) is 58.3 Å². The predicted molar refractivity (Wildman–Crippen MR) is 107 cm³/mol. The van der Waals surface area contributed by atoms with Crippen molar-refractivity contribution in [2.45, 2.75) is 43.5 Å². The molecule has 150 valence electrons. The Morgan fingerprint density at radius 2 is 1.96 bits per heavy atom. The number of hydrogen-bond donors (Lipinski definition) is 1. The van der Waals surface area contributed by atoms with E-state index in [-0.39, 0.29) is 11.7 Å². The van der Waals surface area contributed by atoms with E-state index in [0.29, 0.717) is 30.2 Å². The van der Waals surface area contributed by atoms with Crippen LogP contribution in [0.25, 0.3) is 0 Å². The molecule has 0 unspecified atom stereocenters. The van der Waals surface area contributed by atoms with E-state index in [4.69, 9.17) is 0 Å². The van der Waals surface area contributed by atoms with Gasteiger partial charge in [-0.15, -0.1) is 0 Å². The fourth-order valence-electron chi connectivity index (χ4n) is 3.33. The minimum absolute atomic E-state index is 0.0387. The minimum atomic E-state index is -3.45. The molecule has 1 aromatic heterocycles. The molecule has 1 atom stereocenters. The summed E-state index contributed by atoms with van der Waals surface area (Å²) in [6.07, 6.45) is 4.77. The Morgan fingerprint density at radius 3 is 2.57 bits per heavy atom. The molecule has 0 aliphatic carbocycles. The summed E-state index contributed by atoms with van der Waals surface area (Å²) >= 11 is 0. The third kappa shape index (κ3) is 4.66. The maximum Gasteiger partial charge on any atom is 0.287 e. The first kappa shape index (κ1) is 20.2. The molecule has 0 spiro atoms. The molecule has 9 heteroatoms. The fourth-order valence-corrected chi connectivity index (χ4v) is 5.03. The van der Waals surface area contributed by atoms with Crippen molar-refractivity contribution < 1.29 is 13.3 Å². The second-order valence-electron chi connectivity index (χ2n) is 6.94. The molecule has 2 aromatic rings. The number of nitro groups is 1. The van der Waals surface area contributed by atoms with Crippen LogP contribution in [0.4, 0.5) is 11.5 Å². The van der Waals surface area contributed by atoms with E-state index in [9.17, 15) is 18.5 Å². The van der Waals surface area contributed by atoms with E-state index in [0.717, 1.165) is 24.8 Å². The molecule has 28 heavy (non-hydrogen) atoms. The van der Waals surface area contributed by atoms with Gasteiger partial charge in [-0.25, -0.2) is 13.4 Å². The highest BCUT2D eigenvalue weighted by atomic mass is 32.2. The van der Waals surface area contributed by atoms with Crippen LogP contribution >= 0.6 is 0 Å². The van der Waals surface area contributed by atoms with Gasteiger partial charge in [0.1, 0.15) is 12.0 Å². The smallest absolute Gasteiger partial charge is 0.287 e. The van der Waals surface area contributed by atoms with Gasteiger partial charge in [-0.05, 0) is 49.9 Å². The Hall–Kier alpha value is -2.52. The van der Waals surface area contributed by atoms with Gasteiger partial charge in [0.05, 0.1) is 9.82 Å². The number of pyridine rings is 1. The molecule has 0 amide bonds. The molecule has 1 saturated heterocycles. The maximum atomic E-state index is 12.8. The number of sulfonamides is 1. The number of anilines is 1. The Balaban J connectivity index is 1.57. The van der Waals surface area contributed by atoms with Crippen molar-refractivity contribution in [3.63, 3.8) is 0 Å². The van der Waals surface area contributed by atoms with E-state index in [1.54, 1.807) is 22.5 Å². The van der Waals surface area contributed by atoms with E-state index < -0.39 is 14.9 Å². The molecule has 1 N–H and O–H groups in total. The first-order valence-corrected chi connectivity index (χ1v) is 10.8. The topological polar surface area (TPSA) is 105 Å². The number of benzene rings is 1. The number of aromatic nitrogens is 1. The number of piperidine rings is 1. The van der Waals surface area contributed by atoms with E-state index >= 15 is 0 Å². The van der Waals surface area contributed by atoms with Gasteiger partial charge in [-0.1, -0.05) is 18.6 Å². The van der Waals surface area contributed by atoms with Crippen LogP contribution in [-0.4, -0.2) is 41.8 Å². The zero-order chi connectivity index (χ0) is 20.1. The van der Waals surface area contributed by atoms with Crippen LogP contribution in [0.5, 0.6) is 0 Å². The van der Waals surface area contributed by atoms with Crippen molar-refractivity contribution >= 4 is 21.5 Å². The molecular formula is C19H24N4O4S. The second-order valence-corrected chi connectivity index (χ2v) is 8.83. The molecule has 0 saturated carbocycles. The van der Waals surface area contributed by atoms with Crippen LogP contribution in [-0.2, 0) is 16.4 Å². The van der Waals surface area contributed by atoms with Gasteiger partial charge < -0.3 is 5.32 Å². The number of hydrogen-bond acceptors (Lipinski definition) is 6. The first-order valence-electron chi connectivity index (χ1n) is 9.33. The van der Waals surface area contributed by atoms with Crippen LogP contribution in [0.2, 0.25) is 0 Å². The van der Waals surface area contributed by atoms with E-state index in [1.807, 2.05) is 19.1 Å². The van der Waals surface area contributed by atoms with Crippen LogP contribution in [0, 0.1) is 10.1 Å². The van der Waals surface area contributed by atoms with Crippen molar-refractivity contribution in [1.82, 2.24) is 9.29 Å². The van der Waals surface area contributed by atoms with Crippen molar-refractivity contribution in [2.75, 3.05) is 18.4 Å². The van der Waals surface area contributed by atoms with Gasteiger partial charge in [0, 0.05) is 25.2 Å². The second kappa shape index (κ2) is 8.66. The standard InChI is InChI=1S/C19H24N4O4S/c1-15-4-2-3-13-22(15)28(26,27)18-8-5-16(6-9-18)11-12-20-19-10-7-17(14-21-19)23(24)25/h5-10,14-15H,2-4,11-13H2,1H3,(H,20,21)/t15-/m1/s1. The van der Waals surface area contributed by atoms with Crippen LogP contribution < -0.4 is 5.32 Å². The zero-order valence-electron chi connectivity index (χ0n) is 15.7. The summed E-state index contributed by atoms with van der Waals surface area (Å²) in [5.41, 5.74) is 0.949. The van der Waals surface area contributed by atoms with E-state index in [1.165, 1.54) is 12.3 Å². The highest BCUT2D eigenvalue weighted by Gasteiger charge is 2.30. The Labute approximate surface area is 164 Å². The molecule has 1 aliphatic rings. The molecule has 1 aromatic carbocycles. The molecule has 0 bridgehead atoms. The van der Waals surface area contributed by atoms with Gasteiger partial charge in [-0.3, -0.25) is 10.1 Å². The average Bonchev–Trinajstić information content (AvgIpc) is 2.69. The molecule has 1 aliphatic heterocycles. The lowest BCUT2D eigenvalue weighted by molar-refractivity contribution is -0.385. The Bertz CT molecular complexity index is 914. The minimum Gasteiger partial charge on any atom is -0.370 e. The SMILES string of the molecule is C[C@@H]1CCCCN1S(=O)(=O)c1ccc(CCNc2ccc([N+](=O)[O-])cn2)cc1. The summed E-state index contributed by atoms with van der Waals surface area (Å²) in [6.45, 7) is 3.13. The Morgan fingerprint density at radius 1 is 1.21 bits per heavy atom. The summed E-state index contributed by atoms with van der Waals surface area (Å²) in [5.74, 6) is 0.559. The molecule has 0 radical (unpaired) electrons. The van der Waals surface area contributed by atoms with Crippen LogP contribution in [0.1, 0.15) is 31.7 Å². The third-order valence-corrected chi connectivity index (χ3v) is 6.98. The van der Waals surface area contributed by atoms with Gasteiger partial charge in [-0.2, -0.15) is 4.31 Å². The normalized spacial score (nSPS) is 18.0. The summed E-state index contributed by atoms with van der Waals surface area (Å²) in [4.78, 5) is 14.5. The number of rotatable bonds is 7. The quantitative estimate of drug-likeness (QED) is 0.561. The monoisotopic (exact) mass is 404 g/mol. The molecule has 3 rings (SSSR count). The molecule has 1 fully saturated rings. The van der Waals surface area contributed by atoms with Crippen molar-refractivity contribution in [2.24, 2.45) is 0 Å². The Kier molecular flexibility index (Phi) is 6.25. The number of nitrogens with one attached hydrogen (secondary N) is 1. The lowest BCUT2D eigenvalue weighted by Gasteiger charge is -2.32. The predicted octanol–water partition coefficient (Wildman–Crippen LogP) is 3.21. The van der Waals surface area contributed by atoms with Crippen molar-refractivity contribution in [3.8, 4) is 0 Å².